The van der Waals surface area contributed by atoms with Crippen LogP contribution in [0.1, 0.15) is 55.0 Å². The molecule has 7 nitrogen and oxygen atoms in total. The molecule has 4 heterocycles. The fraction of sp³-hybridized carbons (Fsp3) is 0.524. The van der Waals surface area contributed by atoms with Gasteiger partial charge in [0.25, 0.3) is 0 Å². The number of halogens is 3. The monoisotopic (exact) mass is 434 g/mol. The Morgan fingerprint density at radius 1 is 1.23 bits per heavy atom. The number of piperidine rings is 1. The van der Waals surface area contributed by atoms with Crippen LogP contribution >= 0.6 is 0 Å². The van der Waals surface area contributed by atoms with Crippen LogP contribution in [0.25, 0.3) is 5.65 Å². The molecule has 1 aliphatic heterocycles. The largest absolute Gasteiger partial charge is 0.433 e. The second-order valence-electron chi connectivity index (χ2n) is 7.92. The highest BCUT2D eigenvalue weighted by atomic mass is 19.4. The van der Waals surface area contributed by atoms with E-state index in [4.69, 9.17) is 0 Å². The molecule has 31 heavy (non-hydrogen) atoms. The van der Waals surface area contributed by atoms with Crippen molar-refractivity contribution < 1.29 is 18.0 Å². The normalized spacial score (nSPS) is 15.7. The molecule has 166 valence electrons. The maximum atomic E-state index is 13.5. The van der Waals surface area contributed by atoms with Crippen LogP contribution in [-0.4, -0.2) is 48.0 Å². The average molecular weight is 434 g/mol. The minimum atomic E-state index is -4.52. The van der Waals surface area contributed by atoms with Crippen LogP contribution in [0, 0.1) is 6.92 Å². The molecule has 0 aliphatic carbocycles. The van der Waals surface area contributed by atoms with Crippen LogP contribution in [0.5, 0.6) is 0 Å². The van der Waals surface area contributed by atoms with E-state index in [0.29, 0.717) is 50.3 Å². The summed E-state index contributed by atoms with van der Waals surface area (Å²) in [6.07, 6.45) is 1.45. The highest BCUT2D eigenvalue weighted by Gasteiger charge is 2.36. The van der Waals surface area contributed by atoms with E-state index in [-0.39, 0.29) is 17.5 Å². The van der Waals surface area contributed by atoms with E-state index in [1.807, 2.05) is 17.7 Å². The Bertz CT molecular complexity index is 1080. The average Bonchev–Trinajstić information content (AvgIpc) is 3.35. The van der Waals surface area contributed by atoms with Crippen molar-refractivity contribution in [2.45, 2.75) is 58.2 Å². The number of aromatic nitrogens is 5. The molecule has 10 heteroatoms. The number of fused-ring (bicyclic) bond motifs is 1. The van der Waals surface area contributed by atoms with Crippen LogP contribution in [0.4, 0.5) is 13.2 Å². The van der Waals surface area contributed by atoms with Gasteiger partial charge < -0.3 is 9.47 Å². The van der Waals surface area contributed by atoms with Gasteiger partial charge in [-0.05, 0) is 25.8 Å². The van der Waals surface area contributed by atoms with Crippen molar-refractivity contribution in [2.75, 3.05) is 13.1 Å². The van der Waals surface area contributed by atoms with E-state index >= 15 is 0 Å². The number of hydrogen-bond acceptors (Lipinski definition) is 4. The van der Waals surface area contributed by atoms with Crippen molar-refractivity contribution in [1.82, 2.24) is 29.0 Å². The van der Waals surface area contributed by atoms with Gasteiger partial charge in [0.05, 0.1) is 5.69 Å². The summed E-state index contributed by atoms with van der Waals surface area (Å²) < 4.78 is 43.5. The third kappa shape index (κ3) is 4.42. The summed E-state index contributed by atoms with van der Waals surface area (Å²) in [6.45, 7) is 5.27. The lowest BCUT2D eigenvalue weighted by molar-refractivity contribution is -0.142. The maximum absolute atomic E-state index is 13.5. The first-order valence-electron chi connectivity index (χ1n) is 10.5. The molecule has 0 saturated carbocycles. The number of carbonyl (C=O) groups excluding carboxylic acids is 1. The number of aryl methyl sites for hydroxylation is 3. The molecule has 0 unspecified atom stereocenters. The molecule has 1 fully saturated rings. The number of likely N-dealkylation sites (tertiary alicyclic amines) is 1. The van der Waals surface area contributed by atoms with E-state index in [0.717, 1.165) is 22.8 Å². The first-order valence-corrected chi connectivity index (χ1v) is 10.5. The lowest BCUT2D eigenvalue weighted by Crippen LogP contribution is -2.38. The van der Waals surface area contributed by atoms with Gasteiger partial charge in [-0.3, -0.25) is 4.79 Å². The second-order valence-corrected chi connectivity index (χ2v) is 7.92. The highest BCUT2D eigenvalue weighted by Crippen LogP contribution is 2.34. The molecule has 0 spiro atoms. The van der Waals surface area contributed by atoms with Gasteiger partial charge in [-0.2, -0.15) is 18.3 Å². The minimum absolute atomic E-state index is 0.0556. The number of nitrogens with zero attached hydrogens (tertiary/aromatic N) is 6. The fourth-order valence-electron chi connectivity index (χ4n) is 4.18. The third-order valence-electron chi connectivity index (χ3n) is 5.81. The maximum Gasteiger partial charge on any atom is 0.433 e. The molecule has 0 bridgehead atoms. The van der Waals surface area contributed by atoms with Gasteiger partial charge in [-0.1, -0.05) is 6.92 Å². The van der Waals surface area contributed by atoms with E-state index in [2.05, 4.69) is 15.1 Å². The van der Waals surface area contributed by atoms with Crippen LogP contribution < -0.4 is 0 Å². The van der Waals surface area contributed by atoms with Gasteiger partial charge in [0.2, 0.25) is 5.91 Å². The van der Waals surface area contributed by atoms with E-state index in [1.165, 1.54) is 0 Å². The van der Waals surface area contributed by atoms with Gasteiger partial charge in [0.15, 0.2) is 5.65 Å². The molecule has 3 aromatic rings. The van der Waals surface area contributed by atoms with Gasteiger partial charge in [-0.15, -0.1) is 0 Å². The highest BCUT2D eigenvalue weighted by molar-refractivity contribution is 5.76. The van der Waals surface area contributed by atoms with Crippen LogP contribution in [0.2, 0.25) is 0 Å². The Balaban J connectivity index is 1.42. The SMILES string of the molecule is CCc1nccn1CCC(=O)N1CCC(c2cc(C(F)(F)F)n3nc(C)cc3n2)CC1. The number of hydrogen-bond donors (Lipinski definition) is 0. The standard InChI is InChI=1S/C21H25F3N6O/c1-3-18-25-7-11-28(18)10-6-20(31)29-8-4-15(5-9-29)16-13-17(21(22,23)24)30-19(26-16)12-14(2)27-30/h7,11-13,15H,3-6,8-10H2,1-2H3. The van der Waals surface area contributed by atoms with E-state index in [1.54, 1.807) is 24.1 Å². The Hall–Kier alpha value is -2.91. The van der Waals surface area contributed by atoms with E-state index in [9.17, 15) is 18.0 Å². The summed E-state index contributed by atoms with van der Waals surface area (Å²) in [4.78, 5) is 23.1. The van der Waals surface area contributed by atoms with Gasteiger partial charge in [-0.25, -0.2) is 14.5 Å². The summed E-state index contributed by atoms with van der Waals surface area (Å²) in [5.41, 5.74) is 0.288. The number of amides is 1. The quantitative estimate of drug-likeness (QED) is 0.615. The summed E-state index contributed by atoms with van der Waals surface area (Å²) >= 11 is 0. The Morgan fingerprint density at radius 3 is 2.65 bits per heavy atom. The van der Waals surface area contributed by atoms with Crippen LogP contribution in [-0.2, 0) is 23.9 Å². The Kier molecular flexibility index (Phi) is 5.72. The lowest BCUT2D eigenvalue weighted by atomic mass is 9.92. The summed E-state index contributed by atoms with van der Waals surface area (Å²) in [6, 6.07) is 2.66. The predicted octanol–water partition coefficient (Wildman–Crippen LogP) is 3.61. The summed E-state index contributed by atoms with van der Waals surface area (Å²) in [5, 5.41) is 3.93. The van der Waals surface area contributed by atoms with Gasteiger partial charge in [0.1, 0.15) is 11.5 Å². The van der Waals surface area contributed by atoms with Gasteiger partial charge in [0, 0.05) is 62.5 Å². The van der Waals surface area contributed by atoms with Gasteiger partial charge >= 0.3 is 6.18 Å². The zero-order valence-corrected chi connectivity index (χ0v) is 17.6. The zero-order valence-electron chi connectivity index (χ0n) is 17.6. The number of imidazole rings is 1. The van der Waals surface area contributed by atoms with Crippen molar-refractivity contribution in [3.05, 3.63) is 47.4 Å². The molecule has 1 amide bonds. The molecule has 0 radical (unpaired) electrons. The molecule has 1 saturated heterocycles. The van der Waals surface area contributed by atoms with Crippen molar-refractivity contribution in [1.29, 1.82) is 0 Å². The van der Waals surface area contributed by atoms with Crippen molar-refractivity contribution in [2.24, 2.45) is 0 Å². The van der Waals surface area contributed by atoms with Crippen LogP contribution in [0.3, 0.4) is 0 Å². The minimum Gasteiger partial charge on any atom is -0.343 e. The van der Waals surface area contributed by atoms with E-state index < -0.39 is 11.9 Å². The second kappa shape index (κ2) is 8.32. The zero-order chi connectivity index (χ0) is 22.2. The molecule has 1 aliphatic rings. The molecule has 3 aromatic heterocycles. The number of rotatable bonds is 5. The Morgan fingerprint density at radius 2 is 1.97 bits per heavy atom. The third-order valence-corrected chi connectivity index (χ3v) is 5.81. The summed E-state index contributed by atoms with van der Waals surface area (Å²) in [5.74, 6) is 0.884. The molecular formula is C21H25F3N6O. The van der Waals surface area contributed by atoms with Crippen LogP contribution in [0.15, 0.2) is 24.5 Å². The molecule has 4 rings (SSSR count). The smallest absolute Gasteiger partial charge is 0.343 e. The lowest BCUT2D eigenvalue weighted by Gasteiger charge is -2.32. The summed E-state index contributed by atoms with van der Waals surface area (Å²) in [7, 11) is 0. The van der Waals surface area contributed by atoms with Crippen molar-refractivity contribution in [3.63, 3.8) is 0 Å². The fourth-order valence-corrected chi connectivity index (χ4v) is 4.18. The van der Waals surface area contributed by atoms with Crippen molar-refractivity contribution in [3.8, 4) is 0 Å². The first-order chi connectivity index (χ1) is 14.8. The number of carbonyl (C=O) groups is 1. The molecule has 0 aromatic carbocycles. The molecule has 0 N–H and O–H groups in total. The topological polar surface area (TPSA) is 68.3 Å². The Labute approximate surface area is 177 Å². The molecule has 0 atom stereocenters. The first kappa shape index (κ1) is 21.3. The predicted molar refractivity (Wildman–Crippen MR) is 108 cm³/mol. The molecular weight excluding hydrogens is 409 g/mol. The number of alkyl halides is 3. The van der Waals surface area contributed by atoms with Crippen molar-refractivity contribution >= 4 is 11.6 Å².